The Kier molecular flexibility index (Phi) is 5.76. The van der Waals surface area contributed by atoms with Crippen LogP contribution in [0.15, 0.2) is 0 Å². The van der Waals surface area contributed by atoms with Crippen molar-refractivity contribution in [1.82, 2.24) is 10.2 Å². The predicted molar refractivity (Wildman–Crippen MR) is 92.7 cm³/mol. The molecule has 1 saturated heterocycles. The van der Waals surface area contributed by atoms with Gasteiger partial charge in [0.15, 0.2) is 0 Å². The van der Waals surface area contributed by atoms with Crippen LogP contribution in [-0.2, 0) is 0 Å². The van der Waals surface area contributed by atoms with Crippen LogP contribution >= 0.6 is 0 Å². The second-order valence-corrected chi connectivity index (χ2v) is 9.04. The highest BCUT2D eigenvalue weighted by atomic mass is 15.2. The minimum atomic E-state index is 0.230. The predicted octanol–water partition coefficient (Wildman–Crippen LogP) is 4.45. The van der Waals surface area contributed by atoms with Crippen molar-refractivity contribution in [2.45, 2.75) is 91.1 Å². The van der Waals surface area contributed by atoms with Gasteiger partial charge in [0, 0.05) is 18.1 Å². The number of likely N-dealkylation sites (tertiary alicyclic amines) is 1. The molecule has 21 heavy (non-hydrogen) atoms. The molecule has 1 saturated carbocycles. The number of nitrogens with zero attached hydrogens (tertiary/aromatic N) is 1. The summed E-state index contributed by atoms with van der Waals surface area (Å²) in [7, 11) is 0. The van der Waals surface area contributed by atoms with E-state index in [1.807, 2.05) is 0 Å². The monoisotopic (exact) mass is 294 g/mol. The SMILES string of the molecule is CC(C)C(CNC(C)(C)C)N1CCC2(CCCCC2)CC1. The Morgan fingerprint density at radius 3 is 2.00 bits per heavy atom. The molecule has 1 heterocycles. The van der Waals surface area contributed by atoms with Gasteiger partial charge in [0.25, 0.3) is 0 Å². The van der Waals surface area contributed by atoms with E-state index in [4.69, 9.17) is 0 Å². The molecular formula is C19H38N2. The van der Waals surface area contributed by atoms with Gasteiger partial charge in [-0.3, -0.25) is 4.90 Å². The van der Waals surface area contributed by atoms with Crippen LogP contribution in [0.3, 0.4) is 0 Å². The summed E-state index contributed by atoms with van der Waals surface area (Å²) in [5.74, 6) is 0.736. The molecule has 2 aliphatic rings. The third-order valence-corrected chi connectivity index (χ3v) is 5.85. The Balaban J connectivity index is 1.88. The molecule has 2 rings (SSSR count). The van der Waals surface area contributed by atoms with Gasteiger partial charge in [-0.15, -0.1) is 0 Å². The second-order valence-electron chi connectivity index (χ2n) is 9.04. The minimum absolute atomic E-state index is 0.230. The summed E-state index contributed by atoms with van der Waals surface area (Å²) in [6, 6.07) is 0.699. The van der Waals surface area contributed by atoms with E-state index in [0.717, 1.165) is 17.9 Å². The van der Waals surface area contributed by atoms with Gasteiger partial charge < -0.3 is 5.32 Å². The molecule has 0 amide bonds. The van der Waals surface area contributed by atoms with E-state index in [-0.39, 0.29) is 5.54 Å². The molecule has 0 bridgehead atoms. The zero-order valence-electron chi connectivity index (χ0n) is 15.2. The van der Waals surface area contributed by atoms with Crippen LogP contribution in [0.4, 0.5) is 0 Å². The fourth-order valence-corrected chi connectivity index (χ4v) is 4.33. The van der Waals surface area contributed by atoms with E-state index in [9.17, 15) is 0 Å². The Morgan fingerprint density at radius 1 is 0.952 bits per heavy atom. The van der Waals surface area contributed by atoms with E-state index >= 15 is 0 Å². The largest absolute Gasteiger partial charge is 0.311 e. The molecule has 1 aliphatic heterocycles. The molecule has 1 atom stereocenters. The van der Waals surface area contributed by atoms with Crippen LogP contribution in [0, 0.1) is 11.3 Å². The van der Waals surface area contributed by atoms with Crippen LogP contribution < -0.4 is 5.32 Å². The van der Waals surface area contributed by atoms with Crippen molar-refractivity contribution < 1.29 is 0 Å². The summed E-state index contributed by atoms with van der Waals surface area (Å²) in [6.45, 7) is 15.4. The maximum absolute atomic E-state index is 3.73. The van der Waals surface area contributed by atoms with Crippen LogP contribution in [0.1, 0.15) is 79.6 Å². The lowest BCUT2D eigenvalue weighted by molar-refractivity contribution is 0.0312. The molecule has 0 aromatic carbocycles. The molecule has 2 fully saturated rings. The van der Waals surface area contributed by atoms with Crippen LogP contribution in [0.25, 0.3) is 0 Å². The van der Waals surface area contributed by atoms with Crippen molar-refractivity contribution in [2.24, 2.45) is 11.3 Å². The molecule has 124 valence electrons. The first-order chi connectivity index (χ1) is 9.81. The Labute approximate surface area is 133 Å². The van der Waals surface area contributed by atoms with E-state index in [1.54, 1.807) is 0 Å². The topological polar surface area (TPSA) is 15.3 Å². The summed E-state index contributed by atoms with van der Waals surface area (Å²) < 4.78 is 0. The van der Waals surface area contributed by atoms with E-state index in [1.165, 1.54) is 58.0 Å². The molecule has 2 nitrogen and oxygen atoms in total. The lowest BCUT2D eigenvalue weighted by Gasteiger charge is -2.47. The molecule has 1 N–H and O–H groups in total. The zero-order valence-corrected chi connectivity index (χ0v) is 15.2. The molecule has 0 aromatic rings. The molecule has 1 unspecified atom stereocenters. The minimum Gasteiger partial charge on any atom is -0.311 e. The Morgan fingerprint density at radius 2 is 1.52 bits per heavy atom. The lowest BCUT2D eigenvalue weighted by Crippen LogP contribution is -2.53. The third kappa shape index (κ3) is 4.96. The fourth-order valence-electron chi connectivity index (χ4n) is 4.33. The quantitative estimate of drug-likeness (QED) is 0.824. The zero-order chi connectivity index (χ0) is 15.5. The molecule has 0 radical (unpaired) electrons. The summed E-state index contributed by atoms with van der Waals surface area (Å²) in [5, 5.41) is 3.73. The number of nitrogens with one attached hydrogen (secondary N) is 1. The van der Waals surface area contributed by atoms with Gasteiger partial charge in [-0.1, -0.05) is 33.1 Å². The van der Waals surface area contributed by atoms with Gasteiger partial charge in [-0.05, 0) is 70.9 Å². The highest BCUT2D eigenvalue weighted by Crippen LogP contribution is 2.44. The first kappa shape index (κ1) is 17.3. The van der Waals surface area contributed by atoms with Crippen LogP contribution in [-0.4, -0.2) is 36.1 Å². The fraction of sp³-hybridized carbons (Fsp3) is 1.00. The maximum atomic E-state index is 3.73. The maximum Gasteiger partial charge on any atom is 0.0243 e. The standard InChI is InChI=1S/C19H38N2/c1-16(2)17(15-20-18(3,4)5)21-13-11-19(12-14-21)9-7-6-8-10-19/h16-17,20H,6-15H2,1-5H3. The smallest absolute Gasteiger partial charge is 0.0243 e. The Bertz CT molecular complexity index is 300. The summed E-state index contributed by atoms with van der Waals surface area (Å²) in [4.78, 5) is 2.78. The second kappa shape index (κ2) is 7.00. The molecule has 0 aromatic heterocycles. The van der Waals surface area contributed by atoms with Crippen molar-refractivity contribution >= 4 is 0 Å². The van der Waals surface area contributed by atoms with Crippen LogP contribution in [0.5, 0.6) is 0 Å². The third-order valence-electron chi connectivity index (χ3n) is 5.85. The first-order valence-electron chi connectivity index (χ1n) is 9.30. The summed E-state index contributed by atoms with van der Waals surface area (Å²) >= 11 is 0. The van der Waals surface area contributed by atoms with Gasteiger partial charge in [0.2, 0.25) is 0 Å². The van der Waals surface area contributed by atoms with Crippen molar-refractivity contribution in [2.75, 3.05) is 19.6 Å². The Hall–Kier alpha value is -0.0800. The van der Waals surface area contributed by atoms with E-state index in [2.05, 4.69) is 44.8 Å². The summed E-state index contributed by atoms with van der Waals surface area (Å²) in [6.07, 6.45) is 10.4. The molecule has 1 spiro atoms. The average molecular weight is 295 g/mol. The van der Waals surface area contributed by atoms with E-state index < -0.39 is 0 Å². The summed E-state index contributed by atoms with van der Waals surface area (Å²) in [5.41, 5.74) is 0.960. The molecular weight excluding hydrogens is 256 g/mol. The van der Waals surface area contributed by atoms with Gasteiger partial charge in [-0.25, -0.2) is 0 Å². The normalized spacial score (nSPS) is 25.4. The highest BCUT2D eigenvalue weighted by molar-refractivity contribution is 4.91. The van der Waals surface area contributed by atoms with Crippen molar-refractivity contribution in [3.8, 4) is 0 Å². The van der Waals surface area contributed by atoms with E-state index in [0.29, 0.717) is 6.04 Å². The molecule has 1 aliphatic carbocycles. The first-order valence-corrected chi connectivity index (χ1v) is 9.30. The number of piperidine rings is 1. The van der Waals surface area contributed by atoms with Crippen molar-refractivity contribution in [3.05, 3.63) is 0 Å². The number of hydrogen-bond acceptors (Lipinski definition) is 2. The van der Waals surface area contributed by atoms with Gasteiger partial charge >= 0.3 is 0 Å². The van der Waals surface area contributed by atoms with Gasteiger partial charge in [-0.2, -0.15) is 0 Å². The van der Waals surface area contributed by atoms with Gasteiger partial charge in [0.05, 0.1) is 0 Å². The van der Waals surface area contributed by atoms with Crippen molar-refractivity contribution in [3.63, 3.8) is 0 Å². The lowest BCUT2D eigenvalue weighted by atomic mass is 9.68. The molecule has 2 heteroatoms. The van der Waals surface area contributed by atoms with Crippen LogP contribution in [0.2, 0.25) is 0 Å². The highest BCUT2D eigenvalue weighted by Gasteiger charge is 2.37. The average Bonchev–Trinajstić information content (AvgIpc) is 2.40. The van der Waals surface area contributed by atoms with Gasteiger partial charge in [0.1, 0.15) is 0 Å². The number of rotatable bonds is 4. The number of hydrogen-bond donors (Lipinski definition) is 1. The van der Waals surface area contributed by atoms with Crippen molar-refractivity contribution in [1.29, 1.82) is 0 Å².